The SMILES string of the molecule is C=CC(=O)OCCn1c(O)c(C#N)c(C)c(N=Nc2ccc(Cl)cc2[N+](=O)[O-])c1=O. The van der Waals surface area contributed by atoms with E-state index in [0.717, 1.165) is 16.7 Å². The summed E-state index contributed by atoms with van der Waals surface area (Å²) < 4.78 is 5.56. The molecular formula is C18H14ClN5O6. The number of nitro benzene ring substituents is 1. The van der Waals surface area contributed by atoms with E-state index in [2.05, 4.69) is 16.8 Å². The van der Waals surface area contributed by atoms with Crippen molar-refractivity contribution >= 4 is 34.6 Å². The van der Waals surface area contributed by atoms with Crippen LogP contribution in [-0.4, -0.2) is 27.2 Å². The maximum absolute atomic E-state index is 12.7. The van der Waals surface area contributed by atoms with Crippen LogP contribution in [0.5, 0.6) is 5.88 Å². The first-order valence-electron chi connectivity index (χ1n) is 8.22. The van der Waals surface area contributed by atoms with E-state index in [1.807, 2.05) is 0 Å². The monoisotopic (exact) mass is 431 g/mol. The van der Waals surface area contributed by atoms with E-state index >= 15 is 0 Å². The molecule has 0 atom stereocenters. The Bertz CT molecular complexity index is 1170. The molecule has 30 heavy (non-hydrogen) atoms. The zero-order valence-electron chi connectivity index (χ0n) is 15.5. The van der Waals surface area contributed by atoms with E-state index in [1.165, 1.54) is 19.1 Å². The van der Waals surface area contributed by atoms with E-state index in [4.69, 9.17) is 16.3 Å². The number of azo groups is 1. The fourth-order valence-electron chi connectivity index (χ4n) is 2.39. The van der Waals surface area contributed by atoms with Crippen LogP contribution in [-0.2, 0) is 16.1 Å². The summed E-state index contributed by atoms with van der Waals surface area (Å²) in [4.78, 5) is 34.3. The number of nitro groups is 1. The van der Waals surface area contributed by atoms with Gasteiger partial charge >= 0.3 is 5.97 Å². The van der Waals surface area contributed by atoms with Crippen LogP contribution in [0.1, 0.15) is 11.1 Å². The Morgan fingerprint density at radius 2 is 2.20 bits per heavy atom. The zero-order valence-corrected chi connectivity index (χ0v) is 16.3. The lowest BCUT2D eigenvalue weighted by Crippen LogP contribution is -2.24. The summed E-state index contributed by atoms with van der Waals surface area (Å²) in [6.45, 7) is 4.04. The van der Waals surface area contributed by atoms with Gasteiger partial charge in [-0.15, -0.1) is 10.2 Å². The zero-order chi connectivity index (χ0) is 22.4. The van der Waals surface area contributed by atoms with Crippen molar-refractivity contribution in [1.82, 2.24) is 4.57 Å². The van der Waals surface area contributed by atoms with Crippen molar-refractivity contribution in [2.24, 2.45) is 10.2 Å². The summed E-state index contributed by atoms with van der Waals surface area (Å²) in [6.07, 6.45) is 0.928. The van der Waals surface area contributed by atoms with Gasteiger partial charge in [0.15, 0.2) is 11.4 Å². The van der Waals surface area contributed by atoms with Gasteiger partial charge in [0.25, 0.3) is 11.2 Å². The van der Waals surface area contributed by atoms with E-state index in [0.29, 0.717) is 0 Å². The molecule has 0 saturated carbocycles. The molecule has 1 aromatic heterocycles. The number of rotatable bonds is 7. The molecule has 2 rings (SSSR count). The third-order valence-electron chi connectivity index (χ3n) is 3.89. The van der Waals surface area contributed by atoms with Gasteiger partial charge < -0.3 is 9.84 Å². The van der Waals surface area contributed by atoms with Crippen molar-refractivity contribution in [1.29, 1.82) is 5.26 Å². The Labute approximate surface area is 174 Å². The number of hydrogen-bond acceptors (Lipinski definition) is 9. The van der Waals surface area contributed by atoms with Gasteiger partial charge in [0, 0.05) is 22.7 Å². The molecule has 0 amide bonds. The lowest BCUT2D eigenvalue weighted by molar-refractivity contribution is -0.384. The first-order chi connectivity index (χ1) is 14.2. The van der Waals surface area contributed by atoms with Crippen molar-refractivity contribution in [3.8, 4) is 11.9 Å². The fraction of sp³-hybridized carbons (Fsp3) is 0.167. The molecule has 0 unspecified atom stereocenters. The molecule has 0 bridgehead atoms. The minimum atomic E-state index is -0.834. The predicted octanol–water partition coefficient (Wildman–Crippen LogP) is 3.44. The quantitative estimate of drug-likeness (QED) is 0.231. The standard InChI is InChI=1S/C18H14ClN5O6/c1-3-15(25)30-7-6-23-17(26)12(9-20)10(2)16(18(23)27)22-21-13-5-4-11(19)8-14(13)24(28)29/h3-5,8,26H,1,6-7H2,2H3. The first kappa shape index (κ1) is 22.3. The average Bonchev–Trinajstić information content (AvgIpc) is 2.71. The minimum Gasteiger partial charge on any atom is -0.493 e. The molecule has 1 aromatic carbocycles. The number of ether oxygens (including phenoxy) is 1. The summed E-state index contributed by atoms with van der Waals surface area (Å²) in [5, 5.41) is 38.4. The van der Waals surface area contributed by atoms with Gasteiger partial charge in [-0.1, -0.05) is 18.2 Å². The van der Waals surface area contributed by atoms with Crippen LogP contribution in [0.3, 0.4) is 0 Å². The van der Waals surface area contributed by atoms with E-state index < -0.39 is 28.0 Å². The van der Waals surface area contributed by atoms with Crippen molar-refractivity contribution < 1.29 is 19.6 Å². The Morgan fingerprint density at radius 3 is 2.80 bits per heavy atom. The van der Waals surface area contributed by atoms with Gasteiger partial charge in [-0.2, -0.15) is 5.26 Å². The maximum atomic E-state index is 12.7. The molecular weight excluding hydrogens is 418 g/mol. The number of carbonyl (C=O) groups excluding carboxylic acids is 1. The highest BCUT2D eigenvalue weighted by molar-refractivity contribution is 6.30. The molecule has 11 nitrogen and oxygen atoms in total. The van der Waals surface area contributed by atoms with Crippen molar-refractivity contribution in [3.63, 3.8) is 0 Å². The van der Waals surface area contributed by atoms with Gasteiger partial charge in [-0.05, 0) is 19.1 Å². The molecule has 2 aromatic rings. The Hall–Kier alpha value is -4.04. The summed E-state index contributed by atoms with van der Waals surface area (Å²) in [7, 11) is 0. The molecule has 12 heteroatoms. The number of nitrogens with zero attached hydrogens (tertiary/aromatic N) is 5. The molecule has 1 heterocycles. The van der Waals surface area contributed by atoms with Crippen LogP contribution < -0.4 is 5.56 Å². The largest absolute Gasteiger partial charge is 0.493 e. The smallest absolute Gasteiger partial charge is 0.330 e. The third kappa shape index (κ3) is 4.68. The maximum Gasteiger partial charge on any atom is 0.330 e. The topological polar surface area (TPSA) is 160 Å². The Balaban J connectivity index is 2.54. The van der Waals surface area contributed by atoms with Gasteiger partial charge in [0.2, 0.25) is 5.88 Å². The number of hydrogen-bond donors (Lipinski definition) is 1. The number of aromatic hydroxyl groups is 1. The van der Waals surface area contributed by atoms with E-state index in [9.17, 15) is 30.1 Å². The number of esters is 1. The molecule has 154 valence electrons. The number of aromatic nitrogens is 1. The van der Waals surface area contributed by atoms with Crippen molar-refractivity contribution in [2.75, 3.05) is 6.61 Å². The van der Waals surface area contributed by atoms with Gasteiger partial charge in [-0.25, -0.2) is 4.79 Å². The molecule has 0 aliphatic heterocycles. The molecule has 0 spiro atoms. The summed E-state index contributed by atoms with van der Waals surface area (Å²) in [5.41, 5.74) is -1.97. The summed E-state index contributed by atoms with van der Waals surface area (Å²) >= 11 is 5.75. The highest BCUT2D eigenvalue weighted by Crippen LogP contribution is 2.32. The van der Waals surface area contributed by atoms with E-state index in [1.54, 1.807) is 6.07 Å². The minimum absolute atomic E-state index is 0.0275. The van der Waals surface area contributed by atoms with Crippen LogP contribution in [0, 0.1) is 28.4 Å². The molecule has 0 aliphatic carbocycles. The highest BCUT2D eigenvalue weighted by atomic mass is 35.5. The molecule has 0 aliphatic rings. The molecule has 0 fully saturated rings. The fourth-order valence-corrected chi connectivity index (χ4v) is 2.56. The highest BCUT2D eigenvalue weighted by Gasteiger charge is 2.20. The van der Waals surface area contributed by atoms with Gasteiger partial charge in [-0.3, -0.25) is 19.5 Å². The van der Waals surface area contributed by atoms with Crippen molar-refractivity contribution in [3.05, 3.63) is 67.5 Å². The van der Waals surface area contributed by atoms with Crippen molar-refractivity contribution in [2.45, 2.75) is 13.5 Å². The number of halogens is 1. The van der Waals surface area contributed by atoms with Gasteiger partial charge in [0.1, 0.15) is 18.2 Å². The second kappa shape index (κ2) is 9.44. The first-order valence-corrected chi connectivity index (χ1v) is 8.60. The number of nitriles is 1. The average molecular weight is 432 g/mol. The van der Waals surface area contributed by atoms with Crippen LogP contribution in [0.2, 0.25) is 5.02 Å². The second-order valence-corrected chi connectivity index (χ2v) is 6.14. The lowest BCUT2D eigenvalue weighted by Gasteiger charge is -2.12. The molecule has 1 N–H and O–H groups in total. The number of benzene rings is 1. The molecule has 0 radical (unpaired) electrons. The van der Waals surface area contributed by atoms with Crippen LogP contribution in [0.15, 0.2) is 45.9 Å². The Morgan fingerprint density at radius 1 is 1.50 bits per heavy atom. The summed E-state index contributed by atoms with van der Waals surface area (Å²) in [5.74, 6) is -1.36. The number of carbonyl (C=O) groups is 1. The third-order valence-corrected chi connectivity index (χ3v) is 4.12. The van der Waals surface area contributed by atoms with Crippen LogP contribution in [0.4, 0.5) is 17.1 Å². The van der Waals surface area contributed by atoms with Crippen LogP contribution in [0.25, 0.3) is 0 Å². The number of pyridine rings is 1. The van der Waals surface area contributed by atoms with Crippen LogP contribution >= 0.6 is 11.6 Å². The normalized spacial score (nSPS) is 10.6. The second-order valence-electron chi connectivity index (χ2n) is 5.70. The van der Waals surface area contributed by atoms with Gasteiger partial charge in [0.05, 0.1) is 11.5 Å². The lowest BCUT2D eigenvalue weighted by atomic mass is 10.1. The Kier molecular flexibility index (Phi) is 7.00. The summed E-state index contributed by atoms with van der Waals surface area (Å²) in [6, 6.07) is 5.44. The molecule has 0 saturated heterocycles. The van der Waals surface area contributed by atoms with E-state index in [-0.39, 0.29) is 40.7 Å². The predicted molar refractivity (Wildman–Crippen MR) is 105 cm³/mol.